The smallest absolute Gasteiger partial charge is 0.160 e. The maximum absolute atomic E-state index is 10.0. The number of nitriles is 1. The summed E-state index contributed by atoms with van der Waals surface area (Å²) in [6.07, 6.45) is 0. The molecule has 1 atom stereocenters. The van der Waals surface area contributed by atoms with Gasteiger partial charge in [-0.3, -0.25) is 0 Å². The van der Waals surface area contributed by atoms with E-state index in [9.17, 15) is 5.26 Å². The van der Waals surface area contributed by atoms with E-state index in [0.29, 0.717) is 11.4 Å². The Labute approximate surface area is 295 Å². The quantitative estimate of drug-likeness (QED) is 0.190. The molecule has 0 radical (unpaired) electrons. The molecule has 4 heteroatoms. The summed E-state index contributed by atoms with van der Waals surface area (Å²) in [7, 11) is 0. The molecule has 51 heavy (non-hydrogen) atoms. The van der Waals surface area contributed by atoms with E-state index < -0.39 is 5.41 Å². The highest BCUT2D eigenvalue weighted by Crippen LogP contribution is 2.61. The number of rotatable bonds is 4. The van der Waals surface area contributed by atoms with Crippen molar-refractivity contribution in [2.24, 2.45) is 0 Å². The van der Waals surface area contributed by atoms with E-state index >= 15 is 0 Å². The summed E-state index contributed by atoms with van der Waals surface area (Å²) in [5.74, 6) is 2.23. The fourth-order valence-corrected chi connectivity index (χ4v) is 8.19. The third-order valence-electron chi connectivity index (χ3n) is 10.6. The number of para-hydroxylation sites is 1. The molecule has 2 heterocycles. The van der Waals surface area contributed by atoms with E-state index in [4.69, 9.17) is 14.7 Å². The highest BCUT2D eigenvalue weighted by Gasteiger charge is 2.47. The lowest BCUT2D eigenvalue weighted by Gasteiger charge is -2.35. The minimum atomic E-state index is -0.424. The van der Waals surface area contributed by atoms with Crippen molar-refractivity contribution in [1.82, 2.24) is 9.97 Å². The van der Waals surface area contributed by atoms with Crippen LogP contribution in [0, 0.1) is 11.3 Å². The molecular formula is C47H29N3O. The van der Waals surface area contributed by atoms with Crippen LogP contribution < -0.4 is 4.74 Å². The van der Waals surface area contributed by atoms with Gasteiger partial charge < -0.3 is 4.74 Å². The highest BCUT2D eigenvalue weighted by atomic mass is 16.5. The van der Waals surface area contributed by atoms with Crippen molar-refractivity contribution in [2.45, 2.75) is 12.3 Å². The Morgan fingerprint density at radius 3 is 1.96 bits per heavy atom. The predicted octanol–water partition coefficient (Wildman–Crippen LogP) is 11.6. The molecule has 0 saturated heterocycles. The van der Waals surface area contributed by atoms with Crippen LogP contribution >= 0.6 is 0 Å². The molecule has 0 amide bonds. The lowest BCUT2D eigenvalue weighted by molar-refractivity contribution is 0.431. The van der Waals surface area contributed by atoms with Gasteiger partial charge in [0.15, 0.2) is 5.82 Å². The summed E-state index contributed by atoms with van der Waals surface area (Å²) in [5, 5.41) is 12.3. The van der Waals surface area contributed by atoms with Gasteiger partial charge in [-0.05, 0) is 75.8 Å². The average molecular weight is 652 g/mol. The molecule has 1 unspecified atom stereocenters. The van der Waals surface area contributed by atoms with Crippen LogP contribution in [0.1, 0.15) is 29.2 Å². The van der Waals surface area contributed by atoms with Crippen LogP contribution in [0.25, 0.3) is 66.9 Å². The van der Waals surface area contributed by atoms with Gasteiger partial charge >= 0.3 is 0 Å². The maximum atomic E-state index is 10.0. The van der Waals surface area contributed by atoms with Crippen molar-refractivity contribution in [2.75, 3.05) is 0 Å². The molecule has 7 aromatic carbocycles. The van der Waals surface area contributed by atoms with Crippen molar-refractivity contribution in [3.05, 3.63) is 180 Å². The number of hydrogen-bond acceptors (Lipinski definition) is 4. The van der Waals surface area contributed by atoms with Crippen molar-refractivity contribution in [3.8, 4) is 73.7 Å². The minimum Gasteiger partial charge on any atom is -0.457 e. The van der Waals surface area contributed by atoms with Gasteiger partial charge in [-0.2, -0.15) is 5.26 Å². The lowest BCUT2D eigenvalue weighted by Crippen LogP contribution is -2.26. The van der Waals surface area contributed by atoms with Gasteiger partial charge in [0.1, 0.15) is 11.5 Å². The van der Waals surface area contributed by atoms with Gasteiger partial charge in [-0.1, -0.05) is 127 Å². The maximum Gasteiger partial charge on any atom is 0.160 e. The van der Waals surface area contributed by atoms with Crippen LogP contribution in [0.4, 0.5) is 0 Å². The van der Waals surface area contributed by atoms with Crippen LogP contribution in [0.2, 0.25) is 0 Å². The monoisotopic (exact) mass is 651 g/mol. The molecule has 2 aliphatic rings. The number of benzene rings is 7. The second-order valence-electron chi connectivity index (χ2n) is 13.4. The second-order valence-corrected chi connectivity index (χ2v) is 13.4. The first-order valence-electron chi connectivity index (χ1n) is 17.1. The molecule has 238 valence electrons. The number of fused-ring (bicyclic) bond motifs is 6. The molecule has 10 rings (SSSR count). The second kappa shape index (κ2) is 11.1. The molecule has 1 aromatic heterocycles. The van der Waals surface area contributed by atoms with Gasteiger partial charge in [-0.15, -0.1) is 0 Å². The summed E-state index contributed by atoms with van der Waals surface area (Å²) in [5.41, 5.74) is 12.7. The molecule has 1 aliphatic heterocycles. The molecule has 1 aliphatic carbocycles. The van der Waals surface area contributed by atoms with Crippen LogP contribution in [0.3, 0.4) is 0 Å². The van der Waals surface area contributed by atoms with E-state index in [1.807, 2.05) is 48.5 Å². The van der Waals surface area contributed by atoms with E-state index in [0.717, 1.165) is 67.2 Å². The first-order chi connectivity index (χ1) is 25.1. The Morgan fingerprint density at radius 2 is 1.18 bits per heavy atom. The molecular weight excluding hydrogens is 623 g/mol. The van der Waals surface area contributed by atoms with Crippen molar-refractivity contribution < 1.29 is 4.74 Å². The normalized spacial score (nSPS) is 15.0. The first-order valence-corrected chi connectivity index (χ1v) is 17.1. The first kappa shape index (κ1) is 29.1. The standard InChI is InChI=1S/C47H29N3O/c1-47-39-23-20-32(26-37(39)38-24-29(28-48)25-44(45(38)47)51-43-19-11-10-18-40(43)47)41-27-42(50-46(49-41)31-14-6-3-7-15-31)36-22-21-33(30-12-4-2-5-13-30)34-16-8-9-17-35(34)36/h2-27H,1H3. The van der Waals surface area contributed by atoms with Crippen LogP contribution in [0.5, 0.6) is 11.5 Å². The largest absolute Gasteiger partial charge is 0.457 e. The van der Waals surface area contributed by atoms with E-state index in [1.165, 1.54) is 22.1 Å². The lowest BCUT2D eigenvalue weighted by atomic mass is 9.72. The molecule has 0 N–H and O–H groups in total. The van der Waals surface area contributed by atoms with E-state index in [1.54, 1.807) is 0 Å². The van der Waals surface area contributed by atoms with Gasteiger partial charge in [0.2, 0.25) is 0 Å². The average Bonchev–Trinajstić information content (AvgIpc) is 3.46. The van der Waals surface area contributed by atoms with Gasteiger partial charge in [0, 0.05) is 27.8 Å². The molecule has 0 bridgehead atoms. The summed E-state index contributed by atoms with van der Waals surface area (Å²) in [6, 6.07) is 56.9. The van der Waals surface area contributed by atoms with E-state index in [2.05, 4.69) is 122 Å². The third-order valence-corrected chi connectivity index (χ3v) is 10.6. The summed E-state index contributed by atoms with van der Waals surface area (Å²) in [6.45, 7) is 2.27. The topological polar surface area (TPSA) is 58.8 Å². The van der Waals surface area contributed by atoms with Crippen molar-refractivity contribution in [1.29, 1.82) is 5.26 Å². The Kier molecular flexibility index (Phi) is 6.34. The summed E-state index contributed by atoms with van der Waals surface area (Å²) >= 11 is 0. The number of nitrogens with zero attached hydrogens (tertiary/aromatic N) is 3. The third kappa shape index (κ3) is 4.39. The predicted molar refractivity (Wildman–Crippen MR) is 204 cm³/mol. The zero-order chi connectivity index (χ0) is 34.1. The molecule has 0 saturated carbocycles. The van der Waals surface area contributed by atoms with Crippen LogP contribution in [-0.4, -0.2) is 9.97 Å². The number of hydrogen-bond donors (Lipinski definition) is 0. The fraction of sp³-hybridized carbons (Fsp3) is 0.0426. The molecule has 4 nitrogen and oxygen atoms in total. The SMILES string of the molecule is CC12c3ccccc3Oc3cc(C#N)cc(c31)-c1cc(-c3cc(-c4ccc(-c5ccccc5)c5ccccc45)nc(-c4ccccc4)n3)ccc12. The Balaban J connectivity index is 1.19. The number of ether oxygens (including phenoxy) is 1. The molecule has 8 aromatic rings. The van der Waals surface area contributed by atoms with Crippen LogP contribution in [0.15, 0.2) is 158 Å². The molecule has 0 spiro atoms. The van der Waals surface area contributed by atoms with Gasteiger partial charge in [0.25, 0.3) is 0 Å². The van der Waals surface area contributed by atoms with Gasteiger partial charge in [-0.25, -0.2) is 9.97 Å². The van der Waals surface area contributed by atoms with E-state index in [-0.39, 0.29) is 0 Å². The Hall–Kier alpha value is -6.83. The Morgan fingerprint density at radius 1 is 0.510 bits per heavy atom. The van der Waals surface area contributed by atoms with Crippen LogP contribution in [-0.2, 0) is 5.41 Å². The minimum absolute atomic E-state index is 0.424. The fourth-order valence-electron chi connectivity index (χ4n) is 8.19. The van der Waals surface area contributed by atoms with Crippen molar-refractivity contribution in [3.63, 3.8) is 0 Å². The number of aromatic nitrogens is 2. The highest BCUT2D eigenvalue weighted by molar-refractivity contribution is 6.05. The van der Waals surface area contributed by atoms with Crippen molar-refractivity contribution >= 4 is 10.8 Å². The zero-order valence-electron chi connectivity index (χ0n) is 27.8. The summed E-state index contributed by atoms with van der Waals surface area (Å²) in [4.78, 5) is 10.4. The summed E-state index contributed by atoms with van der Waals surface area (Å²) < 4.78 is 6.45. The van der Waals surface area contributed by atoms with Gasteiger partial charge in [0.05, 0.1) is 28.4 Å². The molecule has 0 fully saturated rings. The zero-order valence-corrected chi connectivity index (χ0v) is 27.8. The Bertz CT molecular complexity index is 2750.